The summed E-state index contributed by atoms with van der Waals surface area (Å²) in [5.74, 6) is 0.00665. The van der Waals surface area contributed by atoms with Crippen molar-refractivity contribution in [1.82, 2.24) is 14.7 Å². The van der Waals surface area contributed by atoms with E-state index < -0.39 is 6.04 Å². The SMILES string of the molecule is CN1CCN(CCCN(Cc2ccccc2)C(=O)[C@@H](N)Cc2ccc(Cl)cc2)CC1. The van der Waals surface area contributed by atoms with Crippen LogP contribution >= 0.6 is 11.6 Å². The predicted molar refractivity (Wildman–Crippen MR) is 124 cm³/mol. The monoisotopic (exact) mass is 428 g/mol. The van der Waals surface area contributed by atoms with Gasteiger partial charge in [0.15, 0.2) is 0 Å². The molecule has 6 heteroatoms. The second kappa shape index (κ2) is 11.5. The average molecular weight is 429 g/mol. The van der Waals surface area contributed by atoms with Crippen LogP contribution < -0.4 is 5.73 Å². The molecule has 0 aromatic heterocycles. The number of hydrogen-bond acceptors (Lipinski definition) is 4. The Kier molecular flexibility index (Phi) is 8.70. The van der Waals surface area contributed by atoms with E-state index in [2.05, 4.69) is 29.0 Å². The van der Waals surface area contributed by atoms with Gasteiger partial charge in [0.25, 0.3) is 0 Å². The second-order valence-corrected chi connectivity index (χ2v) is 8.62. The van der Waals surface area contributed by atoms with Gasteiger partial charge in [-0.15, -0.1) is 0 Å². The largest absolute Gasteiger partial charge is 0.337 e. The maximum Gasteiger partial charge on any atom is 0.240 e. The molecule has 0 spiro atoms. The van der Waals surface area contributed by atoms with E-state index in [9.17, 15) is 4.79 Å². The van der Waals surface area contributed by atoms with Crippen molar-refractivity contribution in [3.8, 4) is 0 Å². The molecule has 5 nitrogen and oxygen atoms in total. The number of likely N-dealkylation sites (N-methyl/N-ethyl adjacent to an activating group) is 1. The summed E-state index contributed by atoms with van der Waals surface area (Å²) in [6, 6.07) is 17.1. The molecule has 162 valence electrons. The van der Waals surface area contributed by atoms with E-state index in [4.69, 9.17) is 17.3 Å². The maximum absolute atomic E-state index is 13.2. The molecule has 3 rings (SSSR count). The number of piperazine rings is 1. The Bertz CT molecular complexity index is 776. The van der Waals surface area contributed by atoms with E-state index >= 15 is 0 Å². The topological polar surface area (TPSA) is 52.8 Å². The van der Waals surface area contributed by atoms with Gasteiger partial charge >= 0.3 is 0 Å². The van der Waals surface area contributed by atoms with Crippen LogP contribution in [0.15, 0.2) is 54.6 Å². The summed E-state index contributed by atoms with van der Waals surface area (Å²) in [6.07, 6.45) is 1.47. The minimum absolute atomic E-state index is 0.00665. The number of carbonyl (C=O) groups is 1. The molecule has 30 heavy (non-hydrogen) atoms. The van der Waals surface area contributed by atoms with Gasteiger partial charge in [-0.05, 0) is 49.7 Å². The standard InChI is InChI=1S/C24H33ClN4O/c1-27-14-16-28(17-15-27)12-5-13-29(19-21-6-3-2-4-7-21)24(30)23(26)18-20-8-10-22(25)11-9-20/h2-4,6-11,23H,5,12-19,26H2,1H3/t23-/m0/s1. The van der Waals surface area contributed by atoms with Crippen molar-refractivity contribution in [1.29, 1.82) is 0 Å². The van der Waals surface area contributed by atoms with Crippen LogP contribution in [-0.2, 0) is 17.8 Å². The van der Waals surface area contributed by atoms with Crippen LogP contribution in [0.3, 0.4) is 0 Å². The lowest BCUT2D eigenvalue weighted by Crippen LogP contribution is -2.47. The smallest absolute Gasteiger partial charge is 0.240 e. The maximum atomic E-state index is 13.2. The molecule has 1 aliphatic heterocycles. The molecule has 2 N–H and O–H groups in total. The Balaban J connectivity index is 1.59. The molecule has 2 aromatic rings. The minimum atomic E-state index is -0.557. The fraction of sp³-hybridized carbons (Fsp3) is 0.458. The zero-order chi connectivity index (χ0) is 21.3. The molecule has 0 bridgehead atoms. The number of hydrogen-bond donors (Lipinski definition) is 1. The zero-order valence-corrected chi connectivity index (χ0v) is 18.6. The normalized spacial score (nSPS) is 16.4. The summed E-state index contributed by atoms with van der Waals surface area (Å²) in [7, 11) is 2.17. The minimum Gasteiger partial charge on any atom is -0.337 e. The van der Waals surface area contributed by atoms with Gasteiger partial charge in [0.2, 0.25) is 5.91 Å². The van der Waals surface area contributed by atoms with E-state index in [-0.39, 0.29) is 5.91 Å². The van der Waals surface area contributed by atoms with E-state index in [0.717, 1.165) is 50.3 Å². The van der Waals surface area contributed by atoms with Crippen molar-refractivity contribution in [3.05, 3.63) is 70.7 Å². The van der Waals surface area contributed by atoms with Crippen LogP contribution in [-0.4, -0.2) is 73.0 Å². The summed E-state index contributed by atoms with van der Waals surface area (Å²) in [5, 5.41) is 0.688. The Hall–Kier alpha value is -1.92. The molecule has 1 aliphatic rings. The molecule has 1 atom stereocenters. The number of nitrogens with two attached hydrogens (primary N) is 1. The number of halogens is 1. The summed E-state index contributed by atoms with van der Waals surface area (Å²) in [6.45, 7) is 6.74. The molecule has 0 aliphatic carbocycles. The van der Waals surface area contributed by atoms with E-state index in [1.165, 1.54) is 0 Å². The van der Waals surface area contributed by atoms with Crippen molar-refractivity contribution in [3.63, 3.8) is 0 Å². The first kappa shape index (κ1) is 22.8. The van der Waals surface area contributed by atoms with E-state index in [1.54, 1.807) is 0 Å². The zero-order valence-electron chi connectivity index (χ0n) is 17.8. The number of carbonyl (C=O) groups excluding carboxylic acids is 1. The highest BCUT2D eigenvalue weighted by molar-refractivity contribution is 6.30. The van der Waals surface area contributed by atoms with Gasteiger partial charge in [-0.25, -0.2) is 0 Å². The van der Waals surface area contributed by atoms with Crippen molar-refractivity contribution >= 4 is 17.5 Å². The quantitative estimate of drug-likeness (QED) is 0.667. The summed E-state index contributed by atoms with van der Waals surface area (Å²) < 4.78 is 0. The van der Waals surface area contributed by atoms with Gasteiger partial charge in [-0.1, -0.05) is 54.1 Å². The predicted octanol–water partition coefficient (Wildman–Crippen LogP) is 2.88. The Morgan fingerprint density at radius 1 is 1.03 bits per heavy atom. The molecule has 1 heterocycles. The second-order valence-electron chi connectivity index (χ2n) is 8.18. The van der Waals surface area contributed by atoms with Gasteiger partial charge in [-0.2, -0.15) is 0 Å². The van der Waals surface area contributed by atoms with Crippen LogP contribution in [0, 0.1) is 0 Å². The molecule has 0 radical (unpaired) electrons. The molecule has 0 saturated carbocycles. The number of rotatable bonds is 9. The highest BCUT2D eigenvalue weighted by atomic mass is 35.5. The van der Waals surface area contributed by atoms with Crippen LogP contribution in [0.2, 0.25) is 5.02 Å². The van der Waals surface area contributed by atoms with Gasteiger partial charge in [0, 0.05) is 44.3 Å². The number of amides is 1. The van der Waals surface area contributed by atoms with Gasteiger partial charge in [0.05, 0.1) is 6.04 Å². The van der Waals surface area contributed by atoms with Gasteiger partial charge in [-0.3, -0.25) is 4.79 Å². The lowest BCUT2D eigenvalue weighted by Gasteiger charge is -2.33. The Morgan fingerprint density at radius 3 is 2.37 bits per heavy atom. The molecule has 1 amide bonds. The summed E-state index contributed by atoms with van der Waals surface area (Å²) in [5.41, 5.74) is 8.49. The van der Waals surface area contributed by atoms with Crippen molar-refractivity contribution in [2.24, 2.45) is 5.73 Å². The molecule has 1 fully saturated rings. The van der Waals surface area contributed by atoms with Gasteiger partial charge in [0.1, 0.15) is 0 Å². The third-order valence-corrected chi connectivity index (χ3v) is 5.96. The average Bonchev–Trinajstić information content (AvgIpc) is 2.76. The molecule has 2 aromatic carbocycles. The summed E-state index contributed by atoms with van der Waals surface area (Å²) in [4.78, 5) is 20.0. The van der Waals surface area contributed by atoms with Crippen molar-refractivity contribution < 1.29 is 4.79 Å². The highest BCUT2D eigenvalue weighted by Gasteiger charge is 2.22. The first-order valence-electron chi connectivity index (χ1n) is 10.7. The Morgan fingerprint density at radius 2 is 1.70 bits per heavy atom. The van der Waals surface area contributed by atoms with Crippen LogP contribution in [0.25, 0.3) is 0 Å². The van der Waals surface area contributed by atoms with E-state index in [0.29, 0.717) is 24.5 Å². The first-order valence-corrected chi connectivity index (χ1v) is 11.1. The number of nitrogens with zero attached hydrogens (tertiary/aromatic N) is 3. The molecular formula is C24H33ClN4O. The lowest BCUT2D eigenvalue weighted by atomic mass is 10.0. The van der Waals surface area contributed by atoms with E-state index in [1.807, 2.05) is 47.4 Å². The third-order valence-electron chi connectivity index (χ3n) is 5.71. The highest BCUT2D eigenvalue weighted by Crippen LogP contribution is 2.13. The van der Waals surface area contributed by atoms with Crippen LogP contribution in [0.1, 0.15) is 17.5 Å². The molecule has 0 unspecified atom stereocenters. The number of benzene rings is 2. The van der Waals surface area contributed by atoms with Crippen LogP contribution in [0.4, 0.5) is 0 Å². The van der Waals surface area contributed by atoms with Gasteiger partial charge < -0.3 is 20.4 Å². The fourth-order valence-electron chi connectivity index (χ4n) is 3.82. The summed E-state index contributed by atoms with van der Waals surface area (Å²) >= 11 is 5.97. The Labute approximate surface area is 185 Å². The fourth-order valence-corrected chi connectivity index (χ4v) is 3.95. The molecule has 1 saturated heterocycles. The molecular weight excluding hydrogens is 396 g/mol. The third kappa shape index (κ3) is 7.10. The lowest BCUT2D eigenvalue weighted by molar-refractivity contribution is -0.133. The van der Waals surface area contributed by atoms with Crippen LogP contribution in [0.5, 0.6) is 0 Å². The van der Waals surface area contributed by atoms with Crippen molar-refractivity contribution in [2.45, 2.75) is 25.4 Å². The first-order chi connectivity index (χ1) is 14.5. The van der Waals surface area contributed by atoms with Crippen molar-refractivity contribution in [2.75, 3.05) is 46.3 Å².